The van der Waals surface area contributed by atoms with Gasteiger partial charge in [0.2, 0.25) is 0 Å². The molecule has 0 aromatic carbocycles. The van der Waals surface area contributed by atoms with Crippen LogP contribution in [0.5, 0.6) is 0 Å². The molecule has 1 heterocycles. The van der Waals surface area contributed by atoms with E-state index in [1.165, 1.54) is 16.8 Å². The summed E-state index contributed by atoms with van der Waals surface area (Å²) in [6.07, 6.45) is 1.50. The molecule has 0 aliphatic carbocycles. The van der Waals surface area contributed by atoms with Crippen LogP contribution in [0.2, 0.25) is 0 Å². The molecule has 4 heteroatoms. The molecule has 0 saturated carbocycles. The monoisotopic (exact) mass is 195 g/mol. The molecule has 1 aromatic heterocycles. The number of rotatable bonds is 3. The first-order valence-corrected chi connectivity index (χ1v) is 4.44. The van der Waals surface area contributed by atoms with Crippen LogP contribution in [0.15, 0.2) is 29.2 Å². The lowest BCUT2D eigenvalue weighted by molar-refractivity contribution is -0.142. The zero-order valence-electron chi connectivity index (χ0n) is 8.18. The molecule has 0 fully saturated rings. The number of aromatic nitrogens is 1. The van der Waals surface area contributed by atoms with Crippen molar-refractivity contribution < 1.29 is 9.90 Å². The summed E-state index contributed by atoms with van der Waals surface area (Å²) in [6.45, 7) is 3.55. The number of aliphatic carboxylic acids is 1. The number of carboxylic acid groups (broad SMARTS) is 1. The molecule has 1 unspecified atom stereocenters. The average Bonchev–Trinajstić information content (AvgIpc) is 2.07. The highest BCUT2D eigenvalue weighted by atomic mass is 16.4. The summed E-state index contributed by atoms with van der Waals surface area (Å²) in [7, 11) is 0. The largest absolute Gasteiger partial charge is 0.480 e. The molecule has 0 aliphatic heterocycles. The van der Waals surface area contributed by atoms with Gasteiger partial charge in [-0.3, -0.25) is 4.79 Å². The fraction of sp³-hybridized carbons (Fsp3) is 0.400. The maximum Gasteiger partial charge on any atom is 0.327 e. The van der Waals surface area contributed by atoms with Crippen LogP contribution in [-0.2, 0) is 4.79 Å². The van der Waals surface area contributed by atoms with Gasteiger partial charge in [-0.1, -0.05) is 19.9 Å². The fourth-order valence-corrected chi connectivity index (χ4v) is 1.39. The first kappa shape index (κ1) is 10.5. The van der Waals surface area contributed by atoms with Crippen LogP contribution in [0.1, 0.15) is 19.9 Å². The van der Waals surface area contributed by atoms with Crippen LogP contribution in [0.25, 0.3) is 0 Å². The van der Waals surface area contributed by atoms with Crippen molar-refractivity contribution in [1.29, 1.82) is 0 Å². The summed E-state index contributed by atoms with van der Waals surface area (Å²) in [4.78, 5) is 22.3. The van der Waals surface area contributed by atoms with Crippen LogP contribution >= 0.6 is 0 Å². The van der Waals surface area contributed by atoms with E-state index >= 15 is 0 Å². The Balaban J connectivity index is 3.19. The minimum Gasteiger partial charge on any atom is -0.480 e. The highest BCUT2D eigenvalue weighted by molar-refractivity contribution is 5.72. The number of carboxylic acids is 1. The summed E-state index contributed by atoms with van der Waals surface area (Å²) in [5.74, 6) is -1.10. The van der Waals surface area contributed by atoms with Gasteiger partial charge in [-0.2, -0.15) is 0 Å². The van der Waals surface area contributed by atoms with E-state index in [1.54, 1.807) is 26.0 Å². The third-order valence-electron chi connectivity index (χ3n) is 2.04. The average molecular weight is 195 g/mol. The van der Waals surface area contributed by atoms with E-state index in [2.05, 4.69) is 0 Å². The van der Waals surface area contributed by atoms with Gasteiger partial charge < -0.3 is 9.67 Å². The molecule has 1 atom stereocenters. The highest BCUT2D eigenvalue weighted by Crippen LogP contribution is 2.15. The predicted octanol–water partition coefficient (Wildman–Crippen LogP) is 1.13. The van der Waals surface area contributed by atoms with E-state index in [4.69, 9.17) is 5.11 Å². The van der Waals surface area contributed by atoms with E-state index in [-0.39, 0.29) is 11.5 Å². The Morgan fingerprint density at radius 1 is 1.43 bits per heavy atom. The molecule has 76 valence electrons. The molecule has 0 saturated heterocycles. The third-order valence-corrected chi connectivity index (χ3v) is 2.04. The topological polar surface area (TPSA) is 59.3 Å². The van der Waals surface area contributed by atoms with Gasteiger partial charge in [0.1, 0.15) is 6.04 Å². The van der Waals surface area contributed by atoms with Crippen molar-refractivity contribution >= 4 is 5.97 Å². The maximum absolute atomic E-state index is 11.4. The standard InChI is InChI=1S/C10H13NO3/c1-7(2)9(10(13)14)11-6-4-3-5-8(11)12/h3-7,9H,1-2H3,(H,13,14). The van der Waals surface area contributed by atoms with Crippen molar-refractivity contribution in [1.82, 2.24) is 4.57 Å². The minimum absolute atomic E-state index is 0.118. The van der Waals surface area contributed by atoms with Crippen LogP contribution in [-0.4, -0.2) is 15.6 Å². The first-order chi connectivity index (χ1) is 6.54. The van der Waals surface area contributed by atoms with E-state index in [1.807, 2.05) is 0 Å². The lowest BCUT2D eigenvalue weighted by Crippen LogP contribution is -2.32. The number of hydrogen-bond acceptors (Lipinski definition) is 2. The van der Waals surface area contributed by atoms with Crippen LogP contribution in [0.3, 0.4) is 0 Å². The van der Waals surface area contributed by atoms with Gasteiger partial charge >= 0.3 is 5.97 Å². The molecule has 0 spiro atoms. The smallest absolute Gasteiger partial charge is 0.327 e. The van der Waals surface area contributed by atoms with Gasteiger partial charge in [0.25, 0.3) is 5.56 Å². The van der Waals surface area contributed by atoms with Crippen molar-refractivity contribution in [2.24, 2.45) is 5.92 Å². The number of hydrogen-bond donors (Lipinski definition) is 1. The Morgan fingerprint density at radius 2 is 2.07 bits per heavy atom. The zero-order valence-corrected chi connectivity index (χ0v) is 8.18. The number of nitrogens with zero attached hydrogens (tertiary/aromatic N) is 1. The molecule has 1 aromatic rings. The zero-order chi connectivity index (χ0) is 10.7. The van der Waals surface area contributed by atoms with Crippen molar-refractivity contribution in [3.05, 3.63) is 34.7 Å². The Hall–Kier alpha value is -1.58. The van der Waals surface area contributed by atoms with Crippen molar-refractivity contribution in [2.75, 3.05) is 0 Å². The molecule has 0 bridgehead atoms. The van der Waals surface area contributed by atoms with Crippen molar-refractivity contribution in [3.8, 4) is 0 Å². The summed E-state index contributed by atoms with van der Waals surface area (Å²) in [5, 5.41) is 8.96. The minimum atomic E-state index is -0.978. The Kier molecular flexibility index (Phi) is 3.06. The summed E-state index contributed by atoms with van der Waals surface area (Å²) in [6, 6.07) is 3.82. The van der Waals surface area contributed by atoms with E-state index in [0.717, 1.165) is 0 Å². The maximum atomic E-state index is 11.4. The SMILES string of the molecule is CC(C)C(C(=O)O)n1ccccc1=O. The Morgan fingerprint density at radius 3 is 2.50 bits per heavy atom. The Labute approximate surface area is 81.8 Å². The molecule has 4 nitrogen and oxygen atoms in total. The van der Waals surface area contributed by atoms with Gasteiger partial charge in [-0.25, -0.2) is 4.79 Å². The fourth-order valence-electron chi connectivity index (χ4n) is 1.39. The lowest BCUT2D eigenvalue weighted by Gasteiger charge is -2.18. The molecule has 1 N–H and O–H groups in total. The van der Waals surface area contributed by atoms with Gasteiger partial charge in [0.15, 0.2) is 0 Å². The second kappa shape index (κ2) is 4.09. The lowest BCUT2D eigenvalue weighted by atomic mass is 10.0. The van der Waals surface area contributed by atoms with Gasteiger partial charge in [0, 0.05) is 12.3 Å². The second-order valence-corrected chi connectivity index (χ2v) is 3.47. The predicted molar refractivity (Wildman–Crippen MR) is 52.2 cm³/mol. The normalized spacial score (nSPS) is 12.8. The quantitative estimate of drug-likeness (QED) is 0.786. The molecular weight excluding hydrogens is 182 g/mol. The number of pyridine rings is 1. The van der Waals surface area contributed by atoms with E-state index < -0.39 is 12.0 Å². The summed E-state index contributed by atoms with van der Waals surface area (Å²) in [5.41, 5.74) is -0.284. The van der Waals surface area contributed by atoms with Gasteiger partial charge in [0.05, 0.1) is 0 Å². The summed E-state index contributed by atoms with van der Waals surface area (Å²) < 4.78 is 1.24. The van der Waals surface area contributed by atoms with Crippen molar-refractivity contribution in [3.63, 3.8) is 0 Å². The van der Waals surface area contributed by atoms with Gasteiger partial charge in [-0.15, -0.1) is 0 Å². The van der Waals surface area contributed by atoms with Crippen LogP contribution < -0.4 is 5.56 Å². The number of carbonyl (C=O) groups is 1. The second-order valence-electron chi connectivity index (χ2n) is 3.47. The van der Waals surface area contributed by atoms with Crippen LogP contribution in [0.4, 0.5) is 0 Å². The van der Waals surface area contributed by atoms with E-state index in [9.17, 15) is 9.59 Å². The first-order valence-electron chi connectivity index (χ1n) is 4.44. The molecule has 14 heavy (non-hydrogen) atoms. The molecule has 0 amide bonds. The highest BCUT2D eigenvalue weighted by Gasteiger charge is 2.23. The third kappa shape index (κ3) is 2.02. The van der Waals surface area contributed by atoms with Gasteiger partial charge in [-0.05, 0) is 12.0 Å². The molecule has 0 radical (unpaired) electrons. The molecular formula is C10H13NO3. The summed E-state index contributed by atoms with van der Waals surface area (Å²) >= 11 is 0. The van der Waals surface area contributed by atoms with Crippen molar-refractivity contribution in [2.45, 2.75) is 19.9 Å². The molecule has 0 aliphatic rings. The molecule has 1 rings (SSSR count). The van der Waals surface area contributed by atoms with E-state index in [0.29, 0.717) is 0 Å². The van der Waals surface area contributed by atoms with Crippen LogP contribution in [0, 0.1) is 5.92 Å². The Bertz CT molecular complexity index is 381.